The quantitative estimate of drug-likeness (QED) is 0.758. The number of rotatable bonds is 7. The van der Waals surface area contributed by atoms with E-state index in [1.54, 1.807) is 4.68 Å². The highest BCUT2D eigenvalue weighted by atomic mass is 32.2. The molecule has 1 saturated heterocycles. The number of sulfonamides is 1. The van der Waals surface area contributed by atoms with Gasteiger partial charge in [-0.15, -0.1) is 0 Å². The van der Waals surface area contributed by atoms with Gasteiger partial charge in [0.25, 0.3) is 0 Å². The standard InChI is InChI=1S/C13H21N3O5S/c1-9(2)5-12(13(17)18)15-22(19,20)11-6-14-16(7-11)10-3-4-21-8-10/h6-7,9-10,12,15H,3-5,8H2,1-2H3,(H,17,18). The van der Waals surface area contributed by atoms with Crippen molar-refractivity contribution in [1.29, 1.82) is 0 Å². The molecule has 22 heavy (non-hydrogen) atoms. The van der Waals surface area contributed by atoms with Gasteiger partial charge in [0.05, 0.1) is 18.8 Å². The zero-order valence-corrected chi connectivity index (χ0v) is 13.4. The van der Waals surface area contributed by atoms with Gasteiger partial charge in [0.1, 0.15) is 10.9 Å². The van der Waals surface area contributed by atoms with E-state index in [2.05, 4.69) is 9.82 Å². The van der Waals surface area contributed by atoms with Crippen molar-refractivity contribution < 1.29 is 23.1 Å². The van der Waals surface area contributed by atoms with Gasteiger partial charge in [-0.25, -0.2) is 8.42 Å². The molecule has 2 rings (SSSR count). The first kappa shape index (κ1) is 16.9. The number of aromatic nitrogens is 2. The second-order valence-corrected chi connectivity index (χ2v) is 7.53. The Labute approximate surface area is 129 Å². The van der Waals surface area contributed by atoms with Crippen LogP contribution in [0.15, 0.2) is 17.3 Å². The molecule has 0 aromatic carbocycles. The Hall–Kier alpha value is -1.45. The fraction of sp³-hybridized carbons (Fsp3) is 0.692. The van der Waals surface area contributed by atoms with E-state index >= 15 is 0 Å². The molecule has 1 aliphatic heterocycles. The Balaban J connectivity index is 2.13. The number of nitrogens with one attached hydrogen (secondary N) is 1. The van der Waals surface area contributed by atoms with Gasteiger partial charge in [-0.05, 0) is 18.8 Å². The molecule has 0 aliphatic carbocycles. The SMILES string of the molecule is CC(C)CC(NS(=O)(=O)c1cnn(C2CCOC2)c1)C(=O)O. The maximum Gasteiger partial charge on any atom is 0.321 e. The maximum absolute atomic E-state index is 12.3. The lowest BCUT2D eigenvalue weighted by Crippen LogP contribution is -2.41. The lowest BCUT2D eigenvalue weighted by atomic mass is 10.1. The molecule has 2 unspecified atom stereocenters. The average Bonchev–Trinajstić information content (AvgIpc) is 3.08. The Morgan fingerprint density at radius 1 is 1.59 bits per heavy atom. The van der Waals surface area contributed by atoms with Crippen LogP contribution < -0.4 is 4.72 Å². The van der Waals surface area contributed by atoms with Crippen molar-refractivity contribution in [3.05, 3.63) is 12.4 Å². The third-order valence-electron chi connectivity index (χ3n) is 3.47. The molecule has 1 fully saturated rings. The minimum Gasteiger partial charge on any atom is -0.480 e. The third-order valence-corrected chi connectivity index (χ3v) is 4.90. The van der Waals surface area contributed by atoms with Gasteiger partial charge in [0, 0.05) is 12.8 Å². The smallest absolute Gasteiger partial charge is 0.321 e. The molecule has 2 heterocycles. The maximum atomic E-state index is 12.3. The lowest BCUT2D eigenvalue weighted by molar-refractivity contribution is -0.139. The summed E-state index contributed by atoms with van der Waals surface area (Å²) in [7, 11) is -3.91. The van der Waals surface area contributed by atoms with Crippen molar-refractivity contribution >= 4 is 16.0 Å². The minimum atomic E-state index is -3.91. The second kappa shape index (κ2) is 6.76. The van der Waals surface area contributed by atoms with Crippen LogP contribution in [0.25, 0.3) is 0 Å². The van der Waals surface area contributed by atoms with Gasteiger partial charge in [-0.1, -0.05) is 13.8 Å². The molecule has 0 radical (unpaired) electrons. The Bertz CT molecular complexity index is 619. The predicted octanol–water partition coefficient (Wildman–Crippen LogP) is 0.622. The van der Waals surface area contributed by atoms with Crippen LogP contribution in [0.5, 0.6) is 0 Å². The average molecular weight is 331 g/mol. The molecule has 8 nitrogen and oxygen atoms in total. The summed E-state index contributed by atoms with van der Waals surface area (Å²) in [5.41, 5.74) is 0. The van der Waals surface area contributed by atoms with Gasteiger partial charge in [-0.3, -0.25) is 9.48 Å². The number of ether oxygens (including phenoxy) is 1. The molecule has 1 aromatic heterocycles. The van der Waals surface area contributed by atoms with E-state index in [0.717, 1.165) is 6.42 Å². The van der Waals surface area contributed by atoms with E-state index in [-0.39, 0.29) is 23.3 Å². The molecule has 0 spiro atoms. The van der Waals surface area contributed by atoms with E-state index in [1.807, 2.05) is 13.8 Å². The predicted molar refractivity (Wildman–Crippen MR) is 77.9 cm³/mol. The Kier molecular flexibility index (Phi) is 5.20. The second-order valence-electron chi connectivity index (χ2n) is 5.82. The van der Waals surface area contributed by atoms with Crippen molar-refractivity contribution in [2.24, 2.45) is 5.92 Å². The molecule has 1 aromatic rings. The number of nitrogens with zero attached hydrogens (tertiary/aromatic N) is 2. The first-order valence-corrected chi connectivity index (χ1v) is 8.65. The first-order chi connectivity index (χ1) is 10.3. The summed E-state index contributed by atoms with van der Waals surface area (Å²) in [6, 6.07) is -1.13. The van der Waals surface area contributed by atoms with Crippen LogP contribution in [-0.4, -0.2) is 48.5 Å². The van der Waals surface area contributed by atoms with E-state index in [9.17, 15) is 13.2 Å². The van der Waals surface area contributed by atoms with Crippen molar-refractivity contribution in [1.82, 2.24) is 14.5 Å². The number of carboxylic acid groups (broad SMARTS) is 1. The summed E-state index contributed by atoms with van der Waals surface area (Å²) in [6.07, 6.45) is 3.64. The summed E-state index contributed by atoms with van der Waals surface area (Å²) in [5, 5.41) is 13.2. The monoisotopic (exact) mass is 331 g/mol. The van der Waals surface area contributed by atoms with E-state index < -0.39 is 22.0 Å². The summed E-state index contributed by atoms with van der Waals surface area (Å²) in [5.74, 6) is -1.13. The van der Waals surface area contributed by atoms with Gasteiger partial charge < -0.3 is 9.84 Å². The molecule has 2 N–H and O–H groups in total. The molecule has 0 bridgehead atoms. The van der Waals surface area contributed by atoms with Crippen molar-refractivity contribution in [3.8, 4) is 0 Å². The normalized spacial score (nSPS) is 20.4. The number of carbonyl (C=O) groups is 1. The van der Waals surface area contributed by atoms with Crippen LogP contribution in [0.3, 0.4) is 0 Å². The lowest BCUT2D eigenvalue weighted by Gasteiger charge is -2.15. The van der Waals surface area contributed by atoms with Crippen LogP contribution in [0.4, 0.5) is 0 Å². The fourth-order valence-electron chi connectivity index (χ4n) is 2.32. The summed E-state index contributed by atoms with van der Waals surface area (Å²) < 4.78 is 33.6. The largest absolute Gasteiger partial charge is 0.480 e. The first-order valence-electron chi connectivity index (χ1n) is 7.16. The summed E-state index contributed by atoms with van der Waals surface area (Å²) >= 11 is 0. The molecule has 0 saturated carbocycles. The Morgan fingerprint density at radius 2 is 2.32 bits per heavy atom. The molecular formula is C13H21N3O5S. The van der Waals surface area contributed by atoms with Crippen molar-refractivity contribution in [2.45, 2.75) is 43.7 Å². The van der Waals surface area contributed by atoms with Gasteiger partial charge in [0.2, 0.25) is 10.0 Å². The van der Waals surface area contributed by atoms with E-state index in [1.165, 1.54) is 12.4 Å². The van der Waals surface area contributed by atoms with Crippen LogP contribution in [0, 0.1) is 5.92 Å². The van der Waals surface area contributed by atoms with Crippen LogP contribution in [0.2, 0.25) is 0 Å². The summed E-state index contributed by atoms with van der Waals surface area (Å²) in [4.78, 5) is 11.2. The molecule has 124 valence electrons. The van der Waals surface area contributed by atoms with Gasteiger partial charge in [-0.2, -0.15) is 9.82 Å². The van der Waals surface area contributed by atoms with Gasteiger partial charge in [0.15, 0.2) is 0 Å². The summed E-state index contributed by atoms with van der Waals surface area (Å²) in [6.45, 7) is 4.80. The molecule has 2 atom stereocenters. The zero-order chi connectivity index (χ0) is 16.3. The van der Waals surface area contributed by atoms with Crippen molar-refractivity contribution in [2.75, 3.05) is 13.2 Å². The Morgan fingerprint density at radius 3 is 2.86 bits per heavy atom. The zero-order valence-electron chi connectivity index (χ0n) is 12.6. The molecule has 9 heteroatoms. The highest BCUT2D eigenvalue weighted by molar-refractivity contribution is 7.89. The minimum absolute atomic E-state index is 0.0230. The van der Waals surface area contributed by atoms with Gasteiger partial charge >= 0.3 is 5.97 Å². The van der Waals surface area contributed by atoms with Crippen molar-refractivity contribution in [3.63, 3.8) is 0 Å². The number of carboxylic acids is 1. The fourth-order valence-corrected chi connectivity index (χ4v) is 3.46. The third kappa shape index (κ3) is 4.05. The van der Waals surface area contributed by atoms with Crippen LogP contribution in [0.1, 0.15) is 32.7 Å². The molecule has 0 amide bonds. The molecular weight excluding hydrogens is 310 g/mol. The van der Waals surface area contributed by atoms with E-state index in [0.29, 0.717) is 13.2 Å². The van der Waals surface area contributed by atoms with Crippen LogP contribution >= 0.6 is 0 Å². The number of hydrogen-bond donors (Lipinski definition) is 2. The molecule has 1 aliphatic rings. The highest BCUT2D eigenvalue weighted by Gasteiger charge is 2.28. The number of aliphatic carboxylic acids is 1. The number of hydrogen-bond acceptors (Lipinski definition) is 5. The highest BCUT2D eigenvalue weighted by Crippen LogP contribution is 2.20. The topological polar surface area (TPSA) is 111 Å². The van der Waals surface area contributed by atoms with E-state index in [4.69, 9.17) is 9.84 Å². The van der Waals surface area contributed by atoms with Crippen LogP contribution in [-0.2, 0) is 19.6 Å².